The Morgan fingerprint density at radius 3 is 2.93 bits per heavy atom. The highest BCUT2D eigenvalue weighted by molar-refractivity contribution is 14.1. The first-order valence-electron chi connectivity index (χ1n) is 5.01. The van der Waals surface area contributed by atoms with Crippen molar-refractivity contribution in [1.29, 1.82) is 0 Å². The molecule has 15 heavy (non-hydrogen) atoms. The first kappa shape index (κ1) is 12.8. The summed E-state index contributed by atoms with van der Waals surface area (Å²) in [6, 6.07) is -0.282. The number of nitrogens with zero attached hydrogens (tertiary/aromatic N) is 1. The second-order valence-corrected chi connectivity index (χ2v) is 5.65. The van der Waals surface area contributed by atoms with Crippen molar-refractivity contribution in [1.82, 2.24) is 4.90 Å². The Morgan fingerprint density at radius 2 is 2.40 bits per heavy atom. The summed E-state index contributed by atoms with van der Waals surface area (Å²) in [4.78, 5) is 12.3. The Morgan fingerprint density at radius 1 is 1.73 bits per heavy atom. The molecule has 1 rings (SSSR count). The molecule has 86 valence electrons. The molecule has 0 aliphatic carbocycles. The molecule has 0 bridgehead atoms. The maximum absolute atomic E-state index is 10.9. The maximum Gasteiger partial charge on any atom is 0.407 e. The average molecular weight is 325 g/mol. The topological polar surface area (TPSA) is 60.8 Å². The Bertz CT molecular complexity index is 255. The van der Waals surface area contributed by atoms with Gasteiger partial charge in [0.15, 0.2) is 0 Å². The minimum Gasteiger partial charge on any atom is -0.465 e. The molecule has 2 N–H and O–H groups in total. The lowest BCUT2D eigenvalue weighted by molar-refractivity contribution is 0.0514. The molecule has 1 saturated heterocycles. The van der Waals surface area contributed by atoms with Crippen molar-refractivity contribution >= 4 is 28.7 Å². The van der Waals surface area contributed by atoms with Crippen LogP contribution >= 0.6 is 22.6 Å². The van der Waals surface area contributed by atoms with Crippen molar-refractivity contribution in [3.05, 3.63) is 12.7 Å². The highest BCUT2D eigenvalue weighted by atomic mass is 127. The quantitative estimate of drug-likeness (QED) is 0.473. The van der Waals surface area contributed by atoms with E-state index in [1.165, 1.54) is 4.90 Å². The lowest BCUT2D eigenvalue weighted by Gasteiger charge is -2.33. The van der Waals surface area contributed by atoms with E-state index in [-0.39, 0.29) is 6.04 Å². The van der Waals surface area contributed by atoms with Gasteiger partial charge in [0.25, 0.3) is 0 Å². The van der Waals surface area contributed by atoms with Crippen LogP contribution in [-0.4, -0.2) is 37.4 Å². The number of carboxylic acid groups (broad SMARTS) is 1. The summed E-state index contributed by atoms with van der Waals surface area (Å²) in [6.07, 6.45) is 3.61. The Kier molecular flexibility index (Phi) is 4.39. The highest BCUT2D eigenvalue weighted by Crippen LogP contribution is 2.35. The van der Waals surface area contributed by atoms with Crippen molar-refractivity contribution in [3.8, 4) is 0 Å². The lowest BCUT2D eigenvalue weighted by Crippen LogP contribution is -2.47. The van der Waals surface area contributed by atoms with E-state index in [4.69, 9.17) is 5.11 Å². The van der Waals surface area contributed by atoms with Crippen molar-refractivity contribution in [3.63, 3.8) is 0 Å². The number of rotatable bonds is 4. The predicted molar refractivity (Wildman–Crippen MR) is 66.2 cm³/mol. The number of alkyl halides is 1. The standard InChI is InChI=1S/C10H16INO3/c1-2-3-6-10(11,15)8-5-4-7-12(8)9(13)14/h2,8,15H,1,3-7H2,(H,13,14)/t8-,10?/m0/s1. The molecule has 1 unspecified atom stereocenters. The van der Waals surface area contributed by atoms with Crippen molar-refractivity contribution < 1.29 is 15.0 Å². The zero-order valence-electron chi connectivity index (χ0n) is 8.53. The van der Waals surface area contributed by atoms with Crippen LogP contribution in [-0.2, 0) is 0 Å². The summed E-state index contributed by atoms with van der Waals surface area (Å²) in [5, 5.41) is 19.2. The van der Waals surface area contributed by atoms with E-state index in [1.807, 2.05) is 22.6 Å². The molecule has 0 saturated carbocycles. The Labute approximate surface area is 103 Å². The smallest absolute Gasteiger partial charge is 0.407 e. The molecule has 1 heterocycles. The summed E-state index contributed by atoms with van der Waals surface area (Å²) in [6.45, 7) is 4.13. The van der Waals surface area contributed by atoms with Crippen LogP contribution in [0.2, 0.25) is 0 Å². The monoisotopic (exact) mass is 325 g/mol. The van der Waals surface area contributed by atoms with Gasteiger partial charge in [-0.15, -0.1) is 6.58 Å². The zero-order valence-corrected chi connectivity index (χ0v) is 10.7. The van der Waals surface area contributed by atoms with Gasteiger partial charge >= 0.3 is 6.09 Å². The number of hydrogen-bond donors (Lipinski definition) is 2. The molecule has 0 spiro atoms. The van der Waals surface area contributed by atoms with Crippen LogP contribution in [0.25, 0.3) is 0 Å². The third kappa shape index (κ3) is 3.07. The van der Waals surface area contributed by atoms with Crippen LogP contribution in [0.4, 0.5) is 4.79 Å². The van der Waals surface area contributed by atoms with Crippen LogP contribution in [0.5, 0.6) is 0 Å². The number of hydrogen-bond acceptors (Lipinski definition) is 2. The summed E-state index contributed by atoms with van der Waals surface area (Å²) in [5.41, 5.74) is 0. The van der Waals surface area contributed by atoms with Crippen molar-refractivity contribution in [2.75, 3.05) is 6.54 Å². The molecule has 1 amide bonds. The van der Waals surface area contributed by atoms with Gasteiger partial charge in [-0.05, 0) is 48.3 Å². The third-order valence-electron chi connectivity index (χ3n) is 2.71. The largest absolute Gasteiger partial charge is 0.465 e. The molecule has 1 aliphatic rings. The SMILES string of the molecule is C=CCCC(O)(I)[C@@H]1CCCN1C(=O)O. The van der Waals surface area contributed by atoms with Gasteiger partial charge in [-0.2, -0.15) is 0 Å². The van der Waals surface area contributed by atoms with Gasteiger partial charge in [0.1, 0.15) is 3.61 Å². The van der Waals surface area contributed by atoms with E-state index in [9.17, 15) is 9.90 Å². The molecule has 1 aliphatic heterocycles. The van der Waals surface area contributed by atoms with E-state index in [2.05, 4.69) is 6.58 Å². The van der Waals surface area contributed by atoms with Crippen LogP contribution in [0.3, 0.4) is 0 Å². The van der Waals surface area contributed by atoms with Gasteiger partial charge < -0.3 is 15.1 Å². The van der Waals surface area contributed by atoms with Gasteiger partial charge in [-0.3, -0.25) is 0 Å². The summed E-state index contributed by atoms with van der Waals surface area (Å²) >= 11 is 1.95. The van der Waals surface area contributed by atoms with Gasteiger partial charge in [0.05, 0.1) is 6.04 Å². The van der Waals surface area contributed by atoms with E-state index in [0.717, 1.165) is 12.8 Å². The molecule has 0 aromatic heterocycles. The number of allylic oxidation sites excluding steroid dienone is 1. The van der Waals surface area contributed by atoms with E-state index < -0.39 is 9.70 Å². The average Bonchev–Trinajstić information content (AvgIpc) is 2.63. The minimum atomic E-state index is -0.971. The fourth-order valence-electron chi connectivity index (χ4n) is 1.93. The molecular formula is C10H16INO3. The normalized spacial score (nSPS) is 24.9. The van der Waals surface area contributed by atoms with Gasteiger partial charge in [-0.1, -0.05) is 6.08 Å². The van der Waals surface area contributed by atoms with Crippen molar-refractivity contribution in [2.45, 2.75) is 35.3 Å². The lowest BCUT2D eigenvalue weighted by atomic mass is 10.0. The van der Waals surface area contributed by atoms with Crippen LogP contribution < -0.4 is 0 Å². The number of aliphatic hydroxyl groups is 1. The number of likely N-dealkylation sites (tertiary alicyclic amines) is 1. The Hall–Kier alpha value is -0.300. The fraction of sp³-hybridized carbons (Fsp3) is 0.700. The number of amides is 1. The van der Waals surface area contributed by atoms with Crippen LogP contribution in [0.1, 0.15) is 25.7 Å². The molecule has 5 heteroatoms. The first-order chi connectivity index (χ1) is 6.99. The Balaban J connectivity index is 2.67. The fourth-order valence-corrected chi connectivity index (χ4v) is 2.89. The molecule has 0 radical (unpaired) electrons. The van der Waals surface area contributed by atoms with Gasteiger partial charge in [-0.25, -0.2) is 4.79 Å². The molecular weight excluding hydrogens is 309 g/mol. The summed E-state index contributed by atoms with van der Waals surface area (Å²) in [5.74, 6) is 0. The van der Waals surface area contributed by atoms with Gasteiger partial charge in [0, 0.05) is 6.54 Å². The van der Waals surface area contributed by atoms with E-state index in [1.54, 1.807) is 6.08 Å². The number of carbonyl (C=O) groups is 1. The summed E-state index contributed by atoms with van der Waals surface area (Å²) in [7, 11) is 0. The highest BCUT2D eigenvalue weighted by Gasteiger charge is 2.42. The second kappa shape index (κ2) is 5.16. The van der Waals surface area contributed by atoms with Crippen LogP contribution in [0.15, 0.2) is 12.7 Å². The van der Waals surface area contributed by atoms with Crippen LogP contribution in [0, 0.1) is 0 Å². The predicted octanol–water partition coefficient (Wildman–Crippen LogP) is 2.22. The van der Waals surface area contributed by atoms with Crippen molar-refractivity contribution in [2.24, 2.45) is 0 Å². The molecule has 2 atom stereocenters. The molecule has 0 aromatic carbocycles. The van der Waals surface area contributed by atoms with E-state index in [0.29, 0.717) is 19.4 Å². The van der Waals surface area contributed by atoms with Gasteiger partial charge in [0.2, 0.25) is 0 Å². The zero-order chi connectivity index (χ0) is 11.5. The molecule has 1 fully saturated rings. The third-order valence-corrected chi connectivity index (χ3v) is 3.97. The second-order valence-electron chi connectivity index (χ2n) is 3.78. The minimum absolute atomic E-state index is 0.282. The maximum atomic E-state index is 10.9. The molecule has 4 nitrogen and oxygen atoms in total. The summed E-state index contributed by atoms with van der Waals surface area (Å²) < 4.78 is -0.971. The molecule has 0 aromatic rings. The van der Waals surface area contributed by atoms with E-state index >= 15 is 0 Å². The first-order valence-corrected chi connectivity index (χ1v) is 6.08. The number of halogens is 1.